The first-order chi connectivity index (χ1) is 12.1. The van der Waals surface area contributed by atoms with E-state index in [0.29, 0.717) is 19.7 Å². The zero-order valence-electron chi connectivity index (χ0n) is 14.8. The van der Waals surface area contributed by atoms with Crippen molar-refractivity contribution in [1.82, 2.24) is 19.7 Å². The van der Waals surface area contributed by atoms with Gasteiger partial charge in [-0.3, -0.25) is 9.58 Å². The summed E-state index contributed by atoms with van der Waals surface area (Å²) in [7, 11) is 0. The Morgan fingerprint density at radius 3 is 2.88 bits per heavy atom. The lowest BCUT2D eigenvalue weighted by Crippen LogP contribution is -2.47. The minimum absolute atomic E-state index is 0.0576. The fraction of sp³-hybridized carbons (Fsp3) is 0.556. The van der Waals surface area contributed by atoms with Crippen LogP contribution in [0.5, 0.6) is 5.75 Å². The van der Waals surface area contributed by atoms with Crippen LogP contribution in [-0.4, -0.2) is 69.8 Å². The predicted molar refractivity (Wildman–Crippen MR) is 93.6 cm³/mol. The molecular weight excluding hydrogens is 320 g/mol. The number of β-amino-alcohol motifs (C(OH)–C–C–N with tert-alkyl or cyclic N) is 1. The molecule has 1 saturated heterocycles. The zero-order valence-corrected chi connectivity index (χ0v) is 14.8. The van der Waals surface area contributed by atoms with E-state index in [9.17, 15) is 5.11 Å². The van der Waals surface area contributed by atoms with Crippen LogP contribution in [0.25, 0.3) is 0 Å². The highest BCUT2D eigenvalue weighted by Crippen LogP contribution is 2.22. The van der Waals surface area contributed by atoms with Crippen molar-refractivity contribution in [2.45, 2.75) is 32.6 Å². The molecular formula is C18H26N4O3. The molecule has 0 bridgehead atoms. The molecule has 1 N–H and O–H groups in total. The normalized spacial score (nSPS) is 19.7. The van der Waals surface area contributed by atoms with E-state index >= 15 is 0 Å². The Morgan fingerprint density at radius 1 is 1.36 bits per heavy atom. The number of morpholine rings is 1. The Kier molecular flexibility index (Phi) is 6.01. The summed E-state index contributed by atoms with van der Waals surface area (Å²) in [5.41, 5.74) is 2.18. The average molecular weight is 346 g/mol. The maximum Gasteiger partial charge on any atom is 0.137 e. The number of benzene rings is 1. The van der Waals surface area contributed by atoms with Crippen LogP contribution in [0, 0.1) is 13.8 Å². The molecule has 0 spiro atoms. The van der Waals surface area contributed by atoms with E-state index in [0.717, 1.165) is 30.0 Å². The zero-order chi connectivity index (χ0) is 17.6. The van der Waals surface area contributed by atoms with E-state index in [4.69, 9.17) is 9.47 Å². The molecule has 7 nitrogen and oxygen atoms in total. The topological polar surface area (TPSA) is 72.6 Å². The molecule has 1 fully saturated rings. The van der Waals surface area contributed by atoms with Gasteiger partial charge < -0.3 is 14.6 Å². The molecule has 2 aromatic rings. The number of rotatable bonds is 7. The number of aliphatic hydroxyl groups excluding tert-OH is 1. The molecule has 2 atom stereocenters. The van der Waals surface area contributed by atoms with Gasteiger partial charge in [0.2, 0.25) is 0 Å². The van der Waals surface area contributed by atoms with Crippen LogP contribution >= 0.6 is 0 Å². The number of hydrogen-bond acceptors (Lipinski definition) is 6. The molecule has 3 rings (SSSR count). The molecule has 0 radical (unpaired) electrons. The third-order valence-corrected chi connectivity index (χ3v) is 4.38. The number of aryl methyl sites for hydroxylation is 2. The van der Waals surface area contributed by atoms with Crippen molar-refractivity contribution in [2.24, 2.45) is 0 Å². The second-order valence-corrected chi connectivity index (χ2v) is 6.56. The van der Waals surface area contributed by atoms with Gasteiger partial charge in [0.15, 0.2) is 0 Å². The van der Waals surface area contributed by atoms with Crippen LogP contribution in [-0.2, 0) is 11.3 Å². The van der Waals surface area contributed by atoms with Crippen molar-refractivity contribution in [3.8, 4) is 5.75 Å². The largest absolute Gasteiger partial charge is 0.490 e. The lowest BCUT2D eigenvalue weighted by Gasteiger charge is -2.33. The summed E-state index contributed by atoms with van der Waals surface area (Å²) in [6, 6.07) is 6.05. The van der Waals surface area contributed by atoms with Gasteiger partial charge in [-0.05, 0) is 25.0 Å². The van der Waals surface area contributed by atoms with Crippen molar-refractivity contribution in [3.05, 3.63) is 42.0 Å². The average Bonchev–Trinajstić information content (AvgIpc) is 3.07. The molecule has 1 aliphatic heterocycles. The Balaban J connectivity index is 1.46. The van der Waals surface area contributed by atoms with Crippen LogP contribution in [0.4, 0.5) is 0 Å². The van der Waals surface area contributed by atoms with E-state index in [1.165, 1.54) is 6.33 Å². The molecule has 0 saturated carbocycles. The summed E-state index contributed by atoms with van der Waals surface area (Å²) in [4.78, 5) is 6.16. The summed E-state index contributed by atoms with van der Waals surface area (Å²) in [5, 5.41) is 14.5. The van der Waals surface area contributed by atoms with Crippen LogP contribution in [0.3, 0.4) is 0 Å². The second-order valence-electron chi connectivity index (χ2n) is 6.56. The molecule has 7 heteroatoms. The Bertz CT molecular complexity index is 642. The van der Waals surface area contributed by atoms with E-state index in [1.807, 2.05) is 32.0 Å². The molecule has 136 valence electrons. The number of nitrogens with zero attached hydrogens (tertiary/aromatic N) is 4. The van der Waals surface area contributed by atoms with Gasteiger partial charge in [-0.2, -0.15) is 5.10 Å². The van der Waals surface area contributed by atoms with Gasteiger partial charge in [0.25, 0.3) is 0 Å². The van der Waals surface area contributed by atoms with E-state index in [-0.39, 0.29) is 12.7 Å². The summed E-state index contributed by atoms with van der Waals surface area (Å²) < 4.78 is 13.4. The highest BCUT2D eigenvalue weighted by atomic mass is 16.5. The monoisotopic (exact) mass is 346 g/mol. The molecule has 25 heavy (non-hydrogen) atoms. The second kappa shape index (κ2) is 8.42. The smallest absolute Gasteiger partial charge is 0.137 e. The molecule has 2 heterocycles. The first kappa shape index (κ1) is 17.8. The minimum atomic E-state index is -0.538. The standard InChI is InChI=1S/C18H26N4O3/c1-14-4-3-5-15(2)18(14)25-11-16(23)8-21-6-7-24-17(9-21)10-22-13-19-12-20-22/h3-5,12-13,16-17,23H,6-11H2,1-2H3/t16-,17-/m1/s1. The Labute approximate surface area is 148 Å². The number of aliphatic hydroxyl groups is 1. The first-order valence-electron chi connectivity index (χ1n) is 8.65. The lowest BCUT2D eigenvalue weighted by atomic mass is 10.1. The molecule has 0 aliphatic carbocycles. The van der Waals surface area contributed by atoms with Crippen molar-refractivity contribution < 1.29 is 14.6 Å². The summed E-state index contributed by atoms with van der Waals surface area (Å²) in [6.45, 7) is 7.81. The highest BCUT2D eigenvalue weighted by molar-refractivity contribution is 5.39. The van der Waals surface area contributed by atoms with Crippen molar-refractivity contribution in [3.63, 3.8) is 0 Å². The van der Waals surface area contributed by atoms with E-state index in [1.54, 1.807) is 11.0 Å². The molecule has 1 aromatic carbocycles. The minimum Gasteiger partial charge on any atom is -0.490 e. The van der Waals surface area contributed by atoms with E-state index in [2.05, 4.69) is 15.0 Å². The summed E-state index contributed by atoms with van der Waals surface area (Å²) in [6.07, 6.45) is 2.73. The Hall–Kier alpha value is -1.96. The SMILES string of the molecule is Cc1cccc(C)c1OC[C@H](O)CN1CCO[C@@H](Cn2cncn2)C1. The van der Waals surface area contributed by atoms with Crippen molar-refractivity contribution >= 4 is 0 Å². The third-order valence-electron chi connectivity index (χ3n) is 4.38. The van der Waals surface area contributed by atoms with Gasteiger partial charge in [0.1, 0.15) is 31.1 Å². The van der Waals surface area contributed by atoms with Crippen LogP contribution in [0.1, 0.15) is 11.1 Å². The lowest BCUT2D eigenvalue weighted by molar-refractivity contribution is -0.0517. The first-order valence-corrected chi connectivity index (χ1v) is 8.65. The van der Waals surface area contributed by atoms with Gasteiger partial charge in [-0.1, -0.05) is 18.2 Å². The fourth-order valence-electron chi connectivity index (χ4n) is 3.15. The third kappa shape index (κ3) is 5.01. The fourth-order valence-corrected chi connectivity index (χ4v) is 3.15. The molecule has 1 aromatic heterocycles. The summed E-state index contributed by atoms with van der Waals surface area (Å²) in [5.74, 6) is 0.868. The maximum absolute atomic E-state index is 10.4. The van der Waals surface area contributed by atoms with E-state index < -0.39 is 6.10 Å². The van der Waals surface area contributed by atoms with Crippen LogP contribution in [0.15, 0.2) is 30.9 Å². The van der Waals surface area contributed by atoms with Crippen LogP contribution < -0.4 is 4.74 Å². The van der Waals surface area contributed by atoms with Gasteiger partial charge in [-0.25, -0.2) is 4.98 Å². The number of hydrogen-bond donors (Lipinski definition) is 1. The summed E-state index contributed by atoms with van der Waals surface area (Å²) >= 11 is 0. The predicted octanol–water partition coefficient (Wildman–Crippen LogP) is 1.04. The molecule has 0 amide bonds. The number of aromatic nitrogens is 3. The van der Waals surface area contributed by atoms with Crippen molar-refractivity contribution in [1.29, 1.82) is 0 Å². The van der Waals surface area contributed by atoms with Gasteiger partial charge in [0.05, 0.1) is 19.3 Å². The molecule has 1 aliphatic rings. The van der Waals surface area contributed by atoms with Gasteiger partial charge >= 0.3 is 0 Å². The number of ether oxygens (including phenoxy) is 2. The maximum atomic E-state index is 10.4. The number of para-hydroxylation sites is 1. The molecule has 0 unspecified atom stereocenters. The quantitative estimate of drug-likeness (QED) is 0.807. The van der Waals surface area contributed by atoms with Crippen molar-refractivity contribution in [2.75, 3.05) is 32.8 Å². The van der Waals surface area contributed by atoms with Crippen LogP contribution in [0.2, 0.25) is 0 Å². The van der Waals surface area contributed by atoms with Gasteiger partial charge in [0, 0.05) is 19.6 Å². The van der Waals surface area contributed by atoms with Gasteiger partial charge in [-0.15, -0.1) is 0 Å². The Morgan fingerprint density at radius 2 is 2.16 bits per heavy atom. The highest BCUT2D eigenvalue weighted by Gasteiger charge is 2.23.